The van der Waals surface area contributed by atoms with Crippen molar-refractivity contribution in [2.75, 3.05) is 26.7 Å². The van der Waals surface area contributed by atoms with Crippen molar-refractivity contribution in [2.24, 2.45) is 5.92 Å². The summed E-state index contributed by atoms with van der Waals surface area (Å²) >= 11 is 0. The average Bonchev–Trinajstić information content (AvgIpc) is 2.74. The highest BCUT2D eigenvalue weighted by Gasteiger charge is 2.41. The summed E-state index contributed by atoms with van der Waals surface area (Å²) in [7, 11) is 1.58. The Morgan fingerprint density at radius 3 is 2.91 bits per heavy atom. The van der Waals surface area contributed by atoms with E-state index in [-0.39, 0.29) is 12.5 Å². The summed E-state index contributed by atoms with van der Waals surface area (Å²) in [5.74, 6) is -0.566. The number of nitrogens with zero attached hydrogens (tertiary/aromatic N) is 1. The van der Waals surface area contributed by atoms with Crippen LogP contribution in [0.5, 0.6) is 5.75 Å². The van der Waals surface area contributed by atoms with Gasteiger partial charge in [0.1, 0.15) is 11.9 Å². The van der Waals surface area contributed by atoms with Crippen LogP contribution in [0.2, 0.25) is 0 Å². The van der Waals surface area contributed by atoms with Crippen LogP contribution in [0.1, 0.15) is 12.0 Å². The Labute approximate surface area is 130 Å². The number of hydrogen-bond acceptors (Lipinski definition) is 4. The molecule has 1 aromatic rings. The molecule has 0 aliphatic carbocycles. The molecular weight excluding hydrogens is 284 g/mol. The molecule has 120 valence electrons. The third-order valence-corrected chi connectivity index (χ3v) is 3.70. The van der Waals surface area contributed by atoms with E-state index in [1.54, 1.807) is 7.05 Å². The van der Waals surface area contributed by atoms with Crippen LogP contribution in [-0.2, 0) is 9.59 Å². The molecule has 6 nitrogen and oxygen atoms in total. The minimum absolute atomic E-state index is 0.256. The fraction of sp³-hybridized carbons (Fsp3) is 0.500. The molecule has 2 amide bonds. The number of ether oxygens (including phenoxy) is 1. The number of amides is 2. The van der Waals surface area contributed by atoms with Crippen LogP contribution >= 0.6 is 0 Å². The van der Waals surface area contributed by atoms with Crippen molar-refractivity contribution in [1.29, 1.82) is 0 Å². The maximum atomic E-state index is 11.9. The fourth-order valence-corrected chi connectivity index (χ4v) is 2.42. The van der Waals surface area contributed by atoms with Gasteiger partial charge in [-0.3, -0.25) is 9.59 Å². The molecule has 0 spiro atoms. The van der Waals surface area contributed by atoms with Crippen molar-refractivity contribution in [3.8, 4) is 5.75 Å². The first kappa shape index (κ1) is 16.3. The van der Waals surface area contributed by atoms with Crippen molar-refractivity contribution in [3.05, 3.63) is 29.8 Å². The summed E-state index contributed by atoms with van der Waals surface area (Å²) < 4.78 is 5.59. The predicted molar refractivity (Wildman–Crippen MR) is 81.4 cm³/mol. The van der Waals surface area contributed by atoms with E-state index in [4.69, 9.17) is 4.74 Å². The smallest absolute Gasteiger partial charge is 0.252 e. The Kier molecular flexibility index (Phi) is 5.38. The molecule has 22 heavy (non-hydrogen) atoms. The molecule has 1 aromatic carbocycles. The highest BCUT2D eigenvalue weighted by molar-refractivity contribution is 5.92. The van der Waals surface area contributed by atoms with E-state index in [1.165, 1.54) is 4.90 Å². The number of nitrogens with one attached hydrogen (secondary N) is 1. The summed E-state index contributed by atoms with van der Waals surface area (Å²) in [6.07, 6.45) is -0.569. The lowest BCUT2D eigenvalue weighted by molar-refractivity contribution is -0.137. The summed E-state index contributed by atoms with van der Waals surface area (Å²) in [5.41, 5.74) is 1.13. The van der Waals surface area contributed by atoms with Crippen LogP contribution in [0.25, 0.3) is 0 Å². The second-order valence-electron chi connectivity index (χ2n) is 5.58. The Bertz CT molecular complexity index is 547. The van der Waals surface area contributed by atoms with Gasteiger partial charge < -0.3 is 20.1 Å². The minimum atomic E-state index is -1.23. The molecule has 2 N–H and O–H groups in total. The van der Waals surface area contributed by atoms with Crippen molar-refractivity contribution in [1.82, 2.24) is 10.2 Å². The third-order valence-electron chi connectivity index (χ3n) is 3.70. The molecule has 1 heterocycles. The first-order chi connectivity index (χ1) is 10.5. The predicted octanol–water partition coefficient (Wildman–Crippen LogP) is 0.329. The van der Waals surface area contributed by atoms with Gasteiger partial charge >= 0.3 is 0 Å². The SMILES string of the molecule is Cc1cccc(OCCCNC(=O)C2CN(C)C(=O)C2O)c1. The quantitative estimate of drug-likeness (QED) is 0.742. The fourth-order valence-electron chi connectivity index (χ4n) is 2.42. The summed E-state index contributed by atoms with van der Waals surface area (Å²) in [6.45, 7) is 3.20. The molecule has 1 aliphatic heterocycles. The zero-order chi connectivity index (χ0) is 16.1. The van der Waals surface area contributed by atoms with E-state index >= 15 is 0 Å². The van der Waals surface area contributed by atoms with Gasteiger partial charge in [0.15, 0.2) is 0 Å². The van der Waals surface area contributed by atoms with E-state index < -0.39 is 17.9 Å². The zero-order valence-electron chi connectivity index (χ0n) is 12.9. The Morgan fingerprint density at radius 2 is 2.27 bits per heavy atom. The van der Waals surface area contributed by atoms with Crippen LogP contribution < -0.4 is 10.1 Å². The number of aliphatic hydroxyl groups excluding tert-OH is 1. The van der Waals surface area contributed by atoms with Gasteiger partial charge in [-0.2, -0.15) is 0 Å². The Hall–Kier alpha value is -2.08. The average molecular weight is 306 g/mol. The van der Waals surface area contributed by atoms with Gasteiger partial charge in [-0.15, -0.1) is 0 Å². The molecule has 1 aliphatic rings. The molecule has 0 bridgehead atoms. The lowest BCUT2D eigenvalue weighted by atomic mass is 10.1. The number of likely N-dealkylation sites (tertiary alicyclic amines) is 1. The van der Waals surface area contributed by atoms with E-state index in [2.05, 4.69) is 5.32 Å². The Morgan fingerprint density at radius 1 is 1.50 bits per heavy atom. The van der Waals surface area contributed by atoms with E-state index in [9.17, 15) is 14.7 Å². The first-order valence-electron chi connectivity index (χ1n) is 7.39. The molecule has 2 atom stereocenters. The van der Waals surface area contributed by atoms with Crippen LogP contribution in [0, 0.1) is 12.8 Å². The van der Waals surface area contributed by atoms with Gasteiger partial charge in [-0.1, -0.05) is 12.1 Å². The topological polar surface area (TPSA) is 78.9 Å². The number of carbonyl (C=O) groups excluding carboxylic acids is 2. The van der Waals surface area contributed by atoms with Gasteiger partial charge in [0.05, 0.1) is 12.5 Å². The minimum Gasteiger partial charge on any atom is -0.494 e. The molecule has 1 fully saturated rings. The maximum Gasteiger partial charge on any atom is 0.252 e. The molecule has 2 rings (SSSR count). The van der Waals surface area contributed by atoms with E-state index in [1.807, 2.05) is 31.2 Å². The monoisotopic (exact) mass is 306 g/mol. The summed E-state index contributed by atoms with van der Waals surface area (Å²) in [6, 6.07) is 7.77. The number of aryl methyl sites for hydroxylation is 1. The van der Waals surface area contributed by atoms with Crippen LogP contribution in [-0.4, -0.2) is 54.7 Å². The van der Waals surface area contributed by atoms with Crippen LogP contribution in [0.4, 0.5) is 0 Å². The van der Waals surface area contributed by atoms with Gasteiger partial charge in [0, 0.05) is 20.1 Å². The second-order valence-corrected chi connectivity index (χ2v) is 5.58. The lowest BCUT2D eigenvalue weighted by Gasteiger charge is -2.12. The standard InChI is InChI=1S/C16H22N2O4/c1-11-5-3-6-12(9-11)22-8-4-7-17-15(20)13-10-18(2)16(21)14(13)19/h3,5-6,9,13-14,19H,4,7-8,10H2,1-2H3,(H,17,20). The summed E-state index contributed by atoms with van der Waals surface area (Å²) in [5, 5.41) is 12.4. The number of benzene rings is 1. The number of rotatable bonds is 6. The first-order valence-corrected chi connectivity index (χ1v) is 7.39. The number of aliphatic hydroxyl groups is 1. The number of hydrogen-bond donors (Lipinski definition) is 2. The van der Waals surface area contributed by atoms with Crippen molar-refractivity contribution >= 4 is 11.8 Å². The normalized spacial score (nSPS) is 21.0. The molecule has 2 unspecified atom stereocenters. The van der Waals surface area contributed by atoms with Gasteiger partial charge in [-0.25, -0.2) is 0 Å². The van der Waals surface area contributed by atoms with E-state index in [0.717, 1.165) is 11.3 Å². The second kappa shape index (κ2) is 7.26. The highest BCUT2D eigenvalue weighted by Crippen LogP contribution is 2.17. The van der Waals surface area contributed by atoms with Gasteiger partial charge in [-0.05, 0) is 31.0 Å². The number of carbonyl (C=O) groups is 2. The molecule has 1 saturated heterocycles. The van der Waals surface area contributed by atoms with Crippen molar-refractivity contribution in [2.45, 2.75) is 19.4 Å². The molecule has 0 radical (unpaired) electrons. The van der Waals surface area contributed by atoms with Crippen molar-refractivity contribution < 1.29 is 19.4 Å². The number of likely N-dealkylation sites (N-methyl/N-ethyl adjacent to an activating group) is 1. The Balaban J connectivity index is 1.66. The lowest BCUT2D eigenvalue weighted by Crippen LogP contribution is -2.38. The third kappa shape index (κ3) is 3.98. The zero-order valence-corrected chi connectivity index (χ0v) is 12.9. The molecule has 0 saturated carbocycles. The van der Waals surface area contributed by atoms with Crippen molar-refractivity contribution in [3.63, 3.8) is 0 Å². The highest BCUT2D eigenvalue weighted by atomic mass is 16.5. The molecule has 6 heteroatoms. The molecule has 0 aromatic heterocycles. The van der Waals surface area contributed by atoms with Gasteiger partial charge in [0.25, 0.3) is 5.91 Å². The van der Waals surface area contributed by atoms with Gasteiger partial charge in [0.2, 0.25) is 5.91 Å². The van der Waals surface area contributed by atoms with Crippen LogP contribution in [0.3, 0.4) is 0 Å². The maximum absolute atomic E-state index is 11.9. The van der Waals surface area contributed by atoms with E-state index in [0.29, 0.717) is 19.6 Å². The molecular formula is C16H22N2O4. The summed E-state index contributed by atoms with van der Waals surface area (Å²) in [4.78, 5) is 24.8. The van der Waals surface area contributed by atoms with Crippen LogP contribution in [0.15, 0.2) is 24.3 Å². The largest absolute Gasteiger partial charge is 0.494 e.